The Kier molecular flexibility index (Phi) is 5.39. The lowest BCUT2D eigenvalue weighted by atomic mass is 10.1. The van der Waals surface area contributed by atoms with E-state index in [9.17, 15) is 8.78 Å². The van der Waals surface area contributed by atoms with E-state index in [4.69, 9.17) is 0 Å². The summed E-state index contributed by atoms with van der Waals surface area (Å²) in [5.74, 6) is -0.972. The monoisotopic (exact) mass is 227 g/mol. The summed E-state index contributed by atoms with van der Waals surface area (Å²) in [7, 11) is 0. The summed E-state index contributed by atoms with van der Waals surface area (Å²) in [5, 5.41) is 3.35. The fourth-order valence-electron chi connectivity index (χ4n) is 1.71. The van der Waals surface area contributed by atoms with Crippen molar-refractivity contribution in [1.82, 2.24) is 5.32 Å². The van der Waals surface area contributed by atoms with Gasteiger partial charge in [0.2, 0.25) is 0 Å². The van der Waals surface area contributed by atoms with Crippen molar-refractivity contribution >= 4 is 0 Å². The number of benzene rings is 1. The van der Waals surface area contributed by atoms with Gasteiger partial charge in [-0.15, -0.1) is 0 Å². The number of nitrogens with one attached hydrogen (secondary N) is 1. The molecule has 1 rings (SSSR count). The van der Waals surface area contributed by atoms with E-state index in [0.717, 1.165) is 25.5 Å². The number of halogens is 2. The molecule has 0 saturated heterocycles. The van der Waals surface area contributed by atoms with Gasteiger partial charge < -0.3 is 5.32 Å². The van der Waals surface area contributed by atoms with Crippen LogP contribution < -0.4 is 5.32 Å². The molecule has 0 aliphatic carbocycles. The molecule has 0 heterocycles. The Labute approximate surface area is 95.9 Å². The molecule has 1 aromatic carbocycles. The number of hydrogen-bond acceptors (Lipinski definition) is 1. The average Bonchev–Trinajstić information content (AvgIpc) is 2.27. The molecule has 0 aromatic heterocycles. The Bertz CT molecular complexity index is 322. The van der Waals surface area contributed by atoms with Gasteiger partial charge in [0.05, 0.1) is 0 Å². The lowest BCUT2D eigenvalue weighted by Crippen LogP contribution is -2.29. The molecule has 0 bridgehead atoms. The van der Waals surface area contributed by atoms with Crippen molar-refractivity contribution in [2.75, 3.05) is 6.54 Å². The van der Waals surface area contributed by atoms with Crippen LogP contribution in [0.2, 0.25) is 0 Å². The molecule has 0 saturated carbocycles. The first-order valence-corrected chi connectivity index (χ1v) is 5.84. The first-order valence-electron chi connectivity index (χ1n) is 5.84. The van der Waals surface area contributed by atoms with E-state index in [1.807, 2.05) is 0 Å². The summed E-state index contributed by atoms with van der Waals surface area (Å²) >= 11 is 0. The molecule has 1 N–H and O–H groups in total. The molecule has 1 nitrogen and oxygen atoms in total. The third kappa shape index (κ3) is 3.89. The Hall–Kier alpha value is -0.960. The van der Waals surface area contributed by atoms with Gasteiger partial charge in [0, 0.05) is 12.1 Å². The smallest absolute Gasteiger partial charge is 0.129 e. The molecule has 0 spiro atoms. The molecule has 0 aliphatic heterocycles. The topological polar surface area (TPSA) is 12.0 Å². The van der Waals surface area contributed by atoms with Gasteiger partial charge in [-0.25, -0.2) is 8.78 Å². The summed E-state index contributed by atoms with van der Waals surface area (Å²) in [5.41, 5.74) is 0.569. The van der Waals surface area contributed by atoms with Crippen molar-refractivity contribution in [2.24, 2.45) is 0 Å². The van der Waals surface area contributed by atoms with Crippen LogP contribution in [0, 0.1) is 11.6 Å². The third-order valence-electron chi connectivity index (χ3n) is 2.83. The van der Waals surface area contributed by atoms with Crippen molar-refractivity contribution in [3.63, 3.8) is 0 Å². The zero-order chi connectivity index (χ0) is 12.0. The fourth-order valence-corrected chi connectivity index (χ4v) is 1.71. The number of rotatable bonds is 6. The van der Waals surface area contributed by atoms with Gasteiger partial charge in [0.25, 0.3) is 0 Å². The molecule has 0 unspecified atom stereocenters. The summed E-state index contributed by atoms with van der Waals surface area (Å²) in [4.78, 5) is 0. The number of hydrogen-bond donors (Lipinski definition) is 1. The van der Waals surface area contributed by atoms with Crippen LogP contribution in [0.3, 0.4) is 0 Å². The van der Waals surface area contributed by atoms with Gasteiger partial charge >= 0.3 is 0 Å². The minimum atomic E-state index is -0.519. The quantitative estimate of drug-likeness (QED) is 0.786. The van der Waals surface area contributed by atoms with Crippen molar-refractivity contribution in [1.29, 1.82) is 0 Å². The molecule has 0 atom stereocenters. The Morgan fingerprint density at radius 1 is 1.19 bits per heavy atom. The van der Waals surface area contributed by atoms with E-state index in [2.05, 4.69) is 19.2 Å². The maximum absolute atomic E-state index is 13.3. The lowest BCUT2D eigenvalue weighted by Gasteiger charge is -2.14. The maximum Gasteiger partial charge on any atom is 0.129 e. The van der Waals surface area contributed by atoms with Crippen molar-refractivity contribution in [3.8, 4) is 0 Å². The molecule has 0 amide bonds. The highest BCUT2D eigenvalue weighted by molar-refractivity contribution is 5.18. The van der Waals surface area contributed by atoms with E-state index in [0.29, 0.717) is 18.0 Å². The van der Waals surface area contributed by atoms with Crippen LogP contribution in [0.5, 0.6) is 0 Å². The molecule has 0 radical (unpaired) electrons. The molecular weight excluding hydrogens is 208 g/mol. The van der Waals surface area contributed by atoms with Gasteiger partial charge in [-0.2, -0.15) is 0 Å². The Morgan fingerprint density at radius 2 is 1.88 bits per heavy atom. The van der Waals surface area contributed by atoms with Crippen LogP contribution >= 0.6 is 0 Å². The Morgan fingerprint density at radius 3 is 2.44 bits per heavy atom. The van der Waals surface area contributed by atoms with Gasteiger partial charge in [0.15, 0.2) is 0 Å². The largest absolute Gasteiger partial charge is 0.314 e. The molecule has 90 valence electrons. The van der Waals surface area contributed by atoms with Crippen LogP contribution in [0.15, 0.2) is 18.2 Å². The van der Waals surface area contributed by atoms with Crippen LogP contribution in [0.4, 0.5) is 8.78 Å². The first kappa shape index (κ1) is 13.1. The Balaban J connectivity index is 2.42. The minimum absolute atomic E-state index is 0.452. The summed E-state index contributed by atoms with van der Waals surface area (Å²) in [6.07, 6.45) is 2.74. The van der Waals surface area contributed by atoms with Crippen LogP contribution in [-0.4, -0.2) is 12.6 Å². The molecule has 1 aromatic rings. The van der Waals surface area contributed by atoms with Crippen molar-refractivity contribution < 1.29 is 8.78 Å². The van der Waals surface area contributed by atoms with Crippen LogP contribution in [-0.2, 0) is 6.42 Å². The molecule has 16 heavy (non-hydrogen) atoms. The van der Waals surface area contributed by atoms with Gasteiger partial charge in [-0.1, -0.05) is 19.9 Å². The average molecular weight is 227 g/mol. The van der Waals surface area contributed by atoms with Gasteiger partial charge in [-0.05, 0) is 37.4 Å². The summed E-state index contributed by atoms with van der Waals surface area (Å²) < 4.78 is 25.9. The molecule has 3 heteroatoms. The summed E-state index contributed by atoms with van der Waals surface area (Å²) in [6.45, 7) is 4.98. The predicted octanol–water partition coefficient (Wildman–Crippen LogP) is 3.29. The van der Waals surface area contributed by atoms with Gasteiger partial charge in [0.1, 0.15) is 11.6 Å². The lowest BCUT2D eigenvalue weighted by molar-refractivity contribution is 0.483. The third-order valence-corrected chi connectivity index (χ3v) is 2.83. The van der Waals surface area contributed by atoms with E-state index in [-0.39, 0.29) is 0 Å². The highest BCUT2D eigenvalue weighted by Gasteiger charge is 2.05. The highest BCUT2D eigenvalue weighted by atomic mass is 19.1. The second-order valence-electron chi connectivity index (χ2n) is 3.95. The van der Waals surface area contributed by atoms with E-state index in [1.165, 1.54) is 12.1 Å². The molecule has 0 fully saturated rings. The van der Waals surface area contributed by atoms with E-state index >= 15 is 0 Å². The highest BCUT2D eigenvalue weighted by Crippen LogP contribution is 2.09. The summed E-state index contributed by atoms with van der Waals surface area (Å²) in [6, 6.07) is 4.24. The second-order valence-corrected chi connectivity index (χ2v) is 3.95. The van der Waals surface area contributed by atoms with E-state index < -0.39 is 11.6 Å². The standard InChI is InChI=1S/C13H19F2N/c1-3-12(4-2)16-8-7-10-5-6-11(14)9-13(10)15/h5-6,9,12,16H,3-4,7-8H2,1-2H3. The zero-order valence-electron chi connectivity index (χ0n) is 9.89. The van der Waals surface area contributed by atoms with Crippen LogP contribution in [0.1, 0.15) is 32.3 Å². The molecular formula is C13H19F2N. The van der Waals surface area contributed by atoms with Crippen molar-refractivity contribution in [2.45, 2.75) is 39.2 Å². The predicted molar refractivity (Wildman–Crippen MR) is 62.4 cm³/mol. The van der Waals surface area contributed by atoms with Crippen LogP contribution in [0.25, 0.3) is 0 Å². The minimum Gasteiger partial charge on any atom is -0.314 e. The SMILES string of the molecule is CCC(CC)NCCc1ccc(F)cc1F. The molecule has 0 aliphatic rings. The fraction of sp³-hybridized carbons (Fsp3) is 0.538. The first-order chi connectivity index (χ1) is 7.67. The van der Waals surface area contributed by atoms with E-state index in [1.54, 1.807) is 0 Å². The van der Waals surface area contributed by atoms with Gasteiger partial charge in [-0.3, -0.25) is 0 Å². The maximum atomic E-state index is 13.3. The zero-order valence-corrected chi connectivity index (χ0v) is 9.89. The second kappa shape index (κ2) is 6.59. The van der Waals surface area contributed by atoms with Crippen molar-refractivity contribution in [3.05, 3.63) is 35.4 Å². The normalized spacial score (nSPS) is 11.1.